The first-order valence-corrected chi connectivity index (χ1v) is 10.3. The molecule has 2 heterocycles. The largest absolute Gasteiger partial charge is 0.396 e. The van der Waals surface area contributed by atoms with Gasteiger partial charge in [0.25, 0.3) is 0 Å². The highest BCUT2D eigenvalue weighted by Gasteiger charge is 2.12. The number of hydrogen-bond acceptors (Lipinski definition) is 4. The third-order valence-corrected chi connectivity index (χ3v) is 6.43. The van der Waals surface area contributed by atoms with Crippen LogP contribution in [0.1, 0.15) is 22.4 Å². The molecule has 0 aliphatic rings. The Morgan fingerprint density at radius 3 is 2.73 bits per heavy atom. The number of thiocarbonyl (C=S) groups is 1. The number of fused-ring (bicyclic) bond motifs is 1. The fraction of sp³-hybridized carbons (Fsp3) is 0.263. The second kappa shape index (κ2) is 8.59. The van der Waals surface area contributed by atoms with E-state index in [0.717, 1.165) is 43.7 Å². The fourth-order valence-electron chi connectivity index (χ4n) is 2.73. The molecule has 1 aromatic carbocycles. The Kier molecular flexibility index (Phi) is 6.42. The van der Waals surface area contributed by atoms with E-state index < -0.39 is 0 Å². The summed E-state index contributed by atoms with van der Waals surface area (Å²) >= 11 is 18.9. The van der Waals surface area contributed by atoms with E-state index in [1.165, 1.54) is 4.88 Å². The molecule has 0 saturated carbocycles. The molecule has 0 unspecified atom stereocenters. The maximum Gasteiger partial charge on any atom is 0.109 e. The van der Waals surface area contributed by atoms with Crippen LogP contribution < -0.4 is 5.32 Å². The summed E-state index contributed by atoms with van der Waals surface area (Å²) in [7, 11) is 2.01. The van der Waals surface area contributed by atoms with Crippen LogP contribution in [0.25, 0.3) is 10.2 Å². The number of benzene rings is 1. The Morgan fingerprint density at radius 2 is 2.04 bits per heavy atom. The summed E-state index contributed by atoms with van der Waals surface area (Å²) in [5, 5.41) is 14.1. The quantitative estimate of drug-likeness (QED) is 0.547. The minimum absolute atomic E-state index is 0.199. The Hall–Kier alpha value is -1.31. The molecule has 0 spiro atoms. The van der Waals surface area contributed by atoms with Crippen molar-refractivity contribution >= 4 is 62.6 Å². The van der Waals surface area contributed by atoms with E-state index >= 15 is 0 Å². The van der Waals surface area contributed by atoms with Crippen LogP contribution in [-0.2, 0) is 20.0 Å². The molecule has 0 radical (unpaired) electrons. The number of aryl methyl sites for hydroxylation is 2. The molecule has 0 bridgehead atoms. The predicted molar refractivity (Wildman–Crippen MR) is 117 cm³/mol. The third-order valence-electron chi connectivity index (χ3n) is 4.09. The summed E-state index contributed by atoms with van der Waals surface area (Å²) in [6.07, 6.45) is 3.62. The standard InChI is InChI=1S/C19H19ClN2OS3/c1-22-11-16(18(25)21-10-12-4-6-13(20)7-5-12)17(24)15-9-14(3-2-8-23)26-19(15)22/h4-7,9,11,23H,2-3,8,10H2,1H3,(H,21,25). The molecule has 2 N–H and O–H groups in total. The van der Waals surface area contributed by atoms with Crippen molar-refractivity contribution in [2.24, 2.45) is 7.05 Å². The lowest BCUT2D eigenvalue weighted by atomic mass is 10.2. The van der Waals surface area contributed by atoms with Crippen LogP contribution in [0.5, 0.6) is 0 Å². The van der Waals surface area contributed by atoms with E-state index in [4.69, 9.17) is 41.1 Å². The van der Waals surface area contributed by atoms with Gasteiger partial charge in [0.15, 0.2) is 0 Å². The Morgan fingerprint density at radius 1 is 1.31 bits per heavy atom. The number of aliphatic hydroxyl groups is 1. The molecule has 3 nitrogen and oxygen atoms in total. The molecule has 136 valence electrons. The molecule has 2 aromatic heterocycles. The van der Waals surface area contributed by atoms with Gasteiger partial charge in [-0.2, -0.15) is 0 Å². The molecule has 7 heteroatoms. The summed E-state index contributed by atoms with van der Waals surface area (Å²) in [6.45, 7) is 0.822. The molecular weight excluding hydrogens is 404 g/mol. The minimum Gasteiger partial charge on any atom is -0.396 e. The van der Waals surface area contributed by atoms with Crippen molar-refractivity contribution in [2.75, 3.05) is 6.61 Å². The lowest BCUT2D eigenvalue weighted by Crippen LogP contribution is -2.22. The summed E-state index contributed by atoms with van der Waals surface area (Å²) in [5.41, 5.74) is 1.97. The molecule has 3 aromatic rings. The van der Waals surface area contributed by atoms with E-state index in [2.05, 4.69) is 16.0 Å². The van der Waals surface area contributed by atoms with Crippen LogP contribution in [-0.4, -0.2) is 21.3 Å². The zero-order valence-corrected chi connectivity index (χ0v) is 17.5. The normalized spacial score (nSPS) is 11.0. The molecule has 0 aliphatic heterocycles. The molecule has 0 amide bonds. The summed E-state index contributed by atoms with van der Waals surface area (Å²) in [6, 6.07) is 9.81. The smallest absolute Gasteiger partial charge is 0.109 e. The molecule has 0 aliphatic carbocycles. The maximum atomic E-state index is 9.04. The SMILES string of the molecule is Cn1cc(C(=S)NCc2ccc(Cl)cc2)c(=S)c2cc(CCCO)sc21. The number of aromatic nitrogens is 1. The zero-order chi connectivity index (χ0) is 18.7. The molecule has 3 rings (SSSR count). The van der Waals surface area contributed by atoms with Crippen LogP contribution in [0.4, 0.5) is 0 Å². The molecule has 0 atom stereocenters. The van der Waals surface area contributed by atoms with Gasteiger partial charge in [0.2, 0.25) is 0 Å². The van der Waals surface area contributed by atoms with Crippen molar-refractivity contribution in [3.8, 4) is 0 Å². The third kappa shape index (κ3) is 4.32. The van der Waals surface area contributed by atoms with Crippen LogP contribution in [0, 0.1) is 4.51 Å². The first-order valence-electron chi connectivity index (χ1n) is 8.25. The van der Waals surface area contributed by atoms with Gasteiger partial charge in [-0.3, -0.25) is 0 Å². The van der Waals surface area contributed by atoms with Crippen LogP contribution >= 0.6 is 47.4 Å². The van der Waals surface area contributed by atoms with Gasteiger partial charge in [0.1, 0.15) is 9.82 Å². The molecular formula is C19H19ClN2OS3. The Balaban J connectivity index is 1.84. The van der Waals surface area contributed by atoms with Crippen molar-refractivity contribution < 1.29 is 5.11 Å². The van der Waals surface area contributed by atoms with Gasteiger partial charge in [-0.1, -0.05) is 48.2 Å². The summed E-state index contributed by atoms with van der Waals surface area (Å²) < 4.78 is 2.85. The van der Waals surface area contributed by atoms with Crippen molar-refractivity contribution in [3.05, 3.63) is 62.1 Å². The maximum absolute atomic E-state index is 9.04. The van der Waals surface area contributed by atoms with Gasteiger partial charge < -0.3 is 15.0 Å². The van der Waals surface area contributed by atoms with E-state index in [0.29, 0.717) is 11.5 Å². The molecule has 26 heavy (non-hydrogen) atoms. The van der Waals surface area contributed by atoms with E-state index in [9.17, 15) is 0 Å². The minimum atomic E-state index is 0.199. The highest BCUT2D eigenvalue weighted by atomic mass is 35.5. The first kappa shape index (κ1) is 19.5. The number of nitrogens with one attached hydrogen (secondary N) is 1. The Bertz CT molecular complexity index is 992. The summed E-state index contributed by atoms with van der Waals surface area (Å²) in [5.74, 6) is 0. The average Bonchev–Trinajstić information content (AvgIpc) is 3.07. The lowest BCUT2D eigenvalue weighted by Gasteiger charge is -2.11. The number of hydrogen-bond donors (Lipinski definition) is 2. The number of pyridine rings is 1. The van der Waals surface area contributed by atoms with Gasteiger partial charge in [0.05, 0.1) is 4.51 Å². The summed E-state index contributed by atoms with van der Waals surface area (Å²) in [4.78, 5) is 3.01. The van der Waals surface area contributed by atoms with Gasteiger partial charge in [0, 0.05) is 47.2 Å². The Labute approximate surface area is 172 Å². The highest BCUT2D eigenvalue weighted by Crippen LogP contribution is 2.29. The number of rotatable bonds is 6. The van der Waals surface area contributed by atoms with Gasteiger partial charge in [-0.05, 0) is 36.6 Å². The van der Waals surface area contributed by atoms with Crippen molar-refractivity contribution in [3.63, 3.8) is 0 Å². The van der Waals surface area contributed by atoms with Gasteiger partial charge in [-0.15, -0.1) is 11.3 Å². The van der Waals surface area contributed by atoms with Crippen LogP contribution in [0.15, 0.2) is 36.5 Å². The van der Waals surface area contributed by atoms with Crippen LogP contribution in [0.2, 0.25) is 5.02 Å². The second-order valence-electron chi connectivity index (χ2n) is 6.05. The topological polar surface area (TPSA) is 37.2 Å². The monoisotopic (exact) mass is 422 g/mol. The number of nitrogens with zero attached hydrogens (tertiary/aromatic N) is 1. The number of thiophene rings is 1. The van der Waals surface area contributed by atoms with E-state index in [1.807, 2.05) is 37.5 Å². The molecule has 0 fully saturated rings. The van der Waals surface area contributed by atoms with Crippen molar-refractivity contribution in [1.29, 1.82) is 0 Å². The zero-order valence-electron chi connectivity index (χ0n) is 14.3. The first-order chi connectivity index (χ1) is 12.5. The van der Waals surface area contributed by atoms with Gasteiger partial charge >= 0.3 is 0 Å². The van der Waals surface area contributed by atoms with Gasteiger partial charge in [-0.25, -0.2) is 0 Å². The highest BCUT2D eigenvalue weighted by molar-refractivity contribution is 7.80. The predicted octanol–water partition coefficient (Wildman–Crippen LogP) is 5.01. The van der Waals surface area contributed by atoms with Crippen molar-refractivity contribution in [1.82, 2.24) is 9.88 Å². The molecule has 0 saturated heterocycles. The number of aliphatic hydroxyl groups excluding tert-OH is 1. The van der Waals surface area contributed by atoms with E-state index in [-0.39, 0.29) is 6.61 Å². The van der Waals surface area contributed by atoms with Crippen molar-refractivity contribution in [2.45, 2.75) is 19.4 Å². The number of halogens is 1. The second-order valence-corrected chi connectivity index (χ2v) is 8.42. The fourth-order valence-corrected chi connectivity index (χ4v) is 4.66. The van der Waals surface area contributed by atoms with Crippen LogP contribution in [0.3, 0.4) is 0 Å². The average molecular weight is 423 g/mol. The van der Waals surface area contributed by atoms with E-state index in [1.54, 1.807) is 11.3 Å². The lowest BCUT2D eigenvalue weighted by molar-refractivity contribution is 0.289.